The molecule has 1 aliphatic heterocycles. The van der Waals surface area contributed by atoms with E-state index in [0.29, 0.717) is 13.1 Å². The van der Waals surface area contributed by atoms with Gasteiger partial charge in [0.1, 0.15) is 5.82 Å². The Labute approximate surface area is 116 Å². The number of primary amides is 1. The van der Waals surface area contributed by atoms with E-state index < -0.39 is 11.8 Å². The van der Waals surface area contributed by atoms with Gasteiger partial charge >= 0.3 is 5.97 Å². The minimum Gasteiger partial charge on any atom is -0.465 e. The Bertz CT molecular complexity index is 533. The van der Waals surface area contributed by atoms with E-state index in [4.69, 9.17) is 5.73 Å². The molecular weight excluding hydrogens is 263 g/mol. The van der Waals surface area contributed by atoms with Crippen molar-refractivity contribution in [2.24, 2.45) is 11.7 Å². The lowest BCUT2D eigenvalue weighted by Crippen LogP contribution is -2.27. The smallest absolute Gasteiger partial charge is 0.340 e. The van der Waals surface area contributed by atoms with Crippen LogP contribution < -0.4 is 5.73 Å². The van der Waals surface area contributed by atoms with Gasteiger partial charge in [-0.1, -0.05) is 6.07 Å². The Morgan fingerprint density at radius 3 is 2.80 bits per heavy atom. The summed E-state index contributed by atoms with van der Waals surface area (Å²) in [6.45, 7) is 1.88. The van der Waals surface area contributed by atoms with E-state index in [1.54, 1.807) is 6.07 Å². The van der Waals surface area contributed by atoms with Gasteiger partial charge in [-0.25, -0.2) is 9.18 Å². The van der Waals surface area contributed by atoms with Crippen LogP contribution in [0.25, 0.3) is 0 Å². The number of benzene rings is 1. The Morgan fingerprint density at radius 1 is 1.50 bits per heavy atom. The molecule has 0 saturated carbocycles. The first-order valence-corrected chi connectivity index (χ1v) is 6.39. The molecular formula is C14H17FN2O3. The van der Waals surface area contributed by atoms with Gasteiger partial charge in [-0.2, -0.15) is 0 Å². The minimum absolute atomic E-state index is 0.0762. The highest BCUT2D eigenvalue weighted by atomic mass is 19.1. The fourth-order valence-corrected chi connectivity index (χ4v) is 2.40. The summed E-state index contributed by atoms with van der Waals surface area (Å²) < 4.78 is 18.3. The zero-order chi connectivity index (χ0) is 14.7. The second kappa shape index (κ2) is 6.00. The van der Waals surface area contributed by atoms with Crippen LogP contribution in [0.15, 0.2) is 18.2 Å². The van der Waals surface area contributed by atoms with Crippen molar-refractivity contribution in [1.82, 2.24) is 4.90 Å². The van der Waals surface area contributed by atoms with Crippen molar-refractivity contribution in [3.05, 3.63) is 35.1 Å². The third-order valence-corrected chi connectivity index (χ3v) is 3.52. The van der Waals surface area contributed by atoms with Crippen LogP contribution in [0.1, 0.15) is 22.3 Å². The highest BCUT2D eigenvalue weighted by molar-refractivity contribution is 5.89. The average molecular weight is 280 g/mol. The van der Waals surface area contributed by atoms with Gasteiger partial charge < -0.3 is 10.5 Å². The van der Waals surface area contributed by atoms with Gasteiger partial charge in [0.25, 0.3) is 0 Å². The number of halogens is 1. The molecule has 2 N–H and O–H groups in total. The number of methoxy groups -OCH3 is 1. The van der Waals surface area contributed by atoms with Crippen LogP contribution in [-0.2, 0) is 16.1 Å². The molecule has 1 aromatic carbocycles. The third-order valence-electron chi connectivity index (χ3n) is 3.52. The molecule has 20 heavy (non-hydrogen) atoms. The summed E-state index contributed by atoms with van der Waals surface area (Å²) in [5, 5.41) is 0. The number of hydrogen-bond donors (Lipinski definition) is 1. The Morgan fingerprint density at radius 2 is 2.25 bits per heavy atom. The topological polar surface area (TPSA) is 72.6 Å². The molecule has 0 aromatic heterocycles. The van der Waals surface area contributed by atoms with E-state index >= 15 is 0 Å². The van der Waals surface area contributed by atoms with E-state index in [1.807, 2.05) is 4.90 Å². The number of esters is 1. The van der Waals surface area contributed by atoms with E-state index in [9.17, 15) is 14.0 Å². The Hall–Kier alpha value is -1.95. The Kier molecular flexibility index (Phi) is 4.34. The normalized spacial score (nSPS) is 19.0. The van der Waals surface area contributed by atoms with Crippen LogP contribution in [-0.4, -0.2) is 37.0 Å². The molecule has 1 fully saturated rings. The van der Waals surface area contributed by atoms with Crippen molar-refractivity contribution in [3.8, 4) is 0 Å². The number of carbonyl (C=O) groups excluding carboxylic acids is 2. The van der Waals surface area contributed by atoms with Gasteiger partial charge in [-0.05, 0) is 30.7 Å². The molecule has 6 heteroatoms. The predicted molar refractivity (Wildman–Crippen MR) is 70.3 cm³/mol. The second-order valence-electron chi connectivity index (χ2n) is 4.93. The van der Waals surface area contributed by atoms with Gasteiger partial charge in [0.2, 0.25) is 5.91 Å². The number of ether oxygens (including phenoxy) is 1. The molecule has 0 spiro atoms. The first-order chi connectivity index (χ1) is 9.51. The summed E-state index contributed by atoms with van der Waals surface area (Å²) >= 11 is 0. The summed E-state index contributed by atoms with van der Waals surface area (Å²) in [6, 6.07) is 4.43. The van der Waals surface area contributed by atoms with Crippen LogP contribution in [0.3, 0.4) is 0 Å². The van der Waals surface area contributed by atoms with Crippen LogP contribution in [0.2, 0.25) is 0 Å². The maximum Gasteiger partial charge on any atom is 0.340 e. The number of likely N-dealkylation sites (tertiary alicyclic amines) is 1. The lowest BCUT2D eigenvalue weighted by atomic mass is 10.1. The maximum absolute atomic E-state index is 13.8. The third kappa shape index (κ3) is 3.14. The highest BCUT2D eigenvalue weighted by Crippen LogP contribution is 2.19. The Balaban J connectivity index is 2.03. The number of rotatable bonds is 4. The van der Waals surface area contributed by atoms with E-state index in [1.165, 1.54) is 19.2 Å². The van der Waals surface area contributed by atoms with Gasteiger partial charge in [-0.15, -0.1) is 0 Å². The van der Waals surface area contributed by atoms with Crippen LogP contribution in [0, 0.1) is 11.7 Å². The van der Waals surface area contributed by atoms with Crippen molar-refractivity contribution in [2.75, 3.05) is 20.2 Å². The van der Waals surface area contributed by atoms with Crippen molar-refractivity contribution in [2.45, 2.75) is 13.0 Å². The van der Waals surface area contributed by atoms with E-state index in [0.717, 1.165) is 18.5 Å². The molecule has 1 amide bonds. The highest BCUT2D eigenvalue weighted by Gasteiger charge is 2.26. The average Bonchev–Trinajstić information content (AvgIpc) is 2.87. The molecule has 1 saturated heterocycles. The molecule has 1 atom stereocenters. The van der Waals surface area contributed by atoms with Crippen molar-refractivity contribution in [1.29, 1.82) is 0 Å². The standard InChI is InChI=1S/C14H17FN2O3/c1-20-14(19)11-3-2-9(6-12(11)15)7-17-5-4-10(8-17)13(16)18/h2-3,6,10H,4-5,7-8H2,1H3,(H2,16,18). The van der Waals surface area contributed by atoms with E-state index in [2.05, 4.69) is 4.74 Å². The fourth-order valence-electron chi connectivity index (χ4n) is 2.40. The molecule has 108 valence electrons. The fraction of sp³-hybridized carbons (Fsp3) is 0.429. The molecule has 1 unspecified atom stereocenters. The number of amides is 1. The van der Waals surface area contributed by atoms with Crippen LogP contribution in [0.5, 0.6) is 0 Å². The van der Waals surface area contributed by atoms with E-state index in [-0.39, 0.29) is 17.4 Å². The molecule has 0 aliphatic carbocycles. The first-order valence-electron chi connectivity index (χ1n) is 6.39. The van der Waals surface area contributed by atoms with Gasteiger partial charge in [0, 0.05) is 13.1 Å². The van der Waals surface area contributed by atoms with Crippen LogP contribution in [0.4, 0.5) is 4.39 Å². The lowest BCUT2D eigenvalue weighted by Gasteiger charge is -2.15. The molecule has 2 rings (SSSR count). The monoisotopic (exact) mass is 280 g/mol. The molecule has 5 nitrogen and oxygen atoms in total. The quantitative estimate of drug-likeness (QED) is 0.832. The summed E-state index contributed by atoms with van der Waals surface area (Å²) in [6.07, 6.45) is 0.734. The summed E-state index contributed by atoms with van der Waals surface area (Å²) in [5.74, 6) is -1.71. The first kappa shape index (κ1) is 14.5. The van der Waals surface area contributed by atoms with Crippen molar-refractivity contribution >= 4 is 11.9 Å². The summed E-state index contributed by atoms with van der Waals surface area (Å²) in [5.41, 5.74) is 5.94. The van der Waals surface area contributed by atoms with Gasteiger partial charge in [0.05, 0.1) is 18.6 Å². The SMILES string of the molecule is COC(=O)c1ccc(CN2CCC(C(N)=O)C2)cc1F. The summed E-state index contributed by atoms with van der Waals surface area (Å²) in [4.78, 5) is 24.4. The number of nitrogens with zero attached hydrogens (tertiary/aromatic N) is 1. The molecule has 1 heterocycles. The molecule has 0 radical (unpaired) electrons. The van der Waals surface area contributed by atoms with Crippen molar-refractivity contribution < 1.29 is 18.7 Å². The zero-order valence-electron chi connectivity index (χ0n) is 11.3. The maximum atomic E-state index is 13.8. The molecule has 1 aromatic rings. The predicted octanol–water partition coefficient (Wildman–Crippen LogP) is 0.920. The van der Waals surface area contributed by atoms with Crippen molar-refractivity contribution in [3.63, 3.8) is 0 Å². The van der Waals surface area contributed by atoms with Crippen LogP contribution >= 0.6 is 0 Å². The minimum atomic E-state index is -0.691. The number of hydrogen-bond acceptors (Lipinski definition) is 4. The molecule has 1 aliphatic rings. The molecule has 0 bridgehead atoms. The summed E-state index contributed by atoms with van der Waals surface area (Å²) in [7, 11) is 1.21. The van der Waals surface area contributed by atoms with Gasteiger partial charge in [0.15, 0.2) is 0 Å². The lowest BCUT2D eigenvalue weighted by molar-refractivity contribution is -0.121. The zero-order valence-corrected chi connectivity index (χ0v) is 11.3. The van der Waals surface area contributed by atoms with Gasteiger partial charge in [-0.3, -0.25) is 9.69 Å². The number of nitrogens with two attached hydrogens (primary N) is 1. The largest absolute Gasteiger partial charge is 0.465 e. The number of carbonyl (C=O) groups is 2. The second-order valence-corrected chi connectivity index (χ2v) is 4.93.